The quantitative estimate of drug-likeness (QED) is 0.476. The predicted octanol–water partition coefficient (Wildman–Crippen LogP) is 4.34. The van der Waals surface area contributed by atoms with Crippen LogP contribution < -0.4 is 25.3 Å². The summed E-state index contributed by atoms with van der Waals surface area (Å²) in [6.45, 7) is 0. The van der Waals surface area contributed by atoms with Crippen molar-refractivity contribution >= 4 is 39.0 Å². The maximum Gasteiger partial charge on any atom is 0.257 e. The number of anilines is 2. The number of nitrogen functional groups attached to an aromatic ring is 1. The van der Waals surface area contributed by atoms with Gasteiger partial charge >= 0.3 is 0 Å². The molecule has 2 heterocycles. The van der Waals surface area contributed by atoms with Crippen molar-refractivity contribution in [1.29, 1.82) is 0 Å². The van der Waals surface area contributed by atoms with E-state index in [4.69, 9.17) is 19.9 Å². The van der Waals surface area contributed by atoms with Crippen LogP contribution in [0.25, 0.3) is 10.1 Å². The molecule has 0 aliphatic carbocycles. The Morgan fingerprint density at radius 3 is 2.50 bits per heavy atom. The largest absolute Gasteiger partial charge is 0.497 e. The minimum Gasteiger partial charge on any atom is -0.497 e. The van der Waals surface area contributed by atoms with Gasteiger partial charge in [-0.1, -0.05) is 0 Å². The highest BCUT2D eigenvalue weighted by Gasteiger charge is 2.14. The van der Waals surface area contributed by atoms with Crippen molar-refractivity contribution in [3.63, 3.8) is 0 Å². The van der Waals surface area contributed by atoms with Crippen LogP contribution in [0.3, 0.4) is 0 Å². The molecule has 0 saturated carbocycles. The molecule has 2 aromatic heterocycles. The average molecular weight is 422 g/mol. The monoisotopic (exact) mass is 422 g/mol. The summed E-state index contributed by atoms with van der Waals surface area (Å²) < 4.78 is 17.1. The van der Waals surface area contributed by atoms with Gasteiger partial charge in [-0.15, -0.1) is 11.3 Å². The van der Waals surface area contributed by atoms with Gasteiger partial charge in [0, 0.05) is 51.6 Å². The maximum absolute atomic E-state index is 12.9. The zero-order valence-electron chi connectivity index (χ0n) is 16.2. The Balaban J connectivity index is 1.57. The van der Waals surface area contributed by atoms with Crippen LogP contribution in [0.15, 0.2) is 54.0 Å². The molecule has 3 N–H and O–H groups in total. The van der Waals surface area contributed by atoms with Crippen LogP contribution in [-0.2, 0) is 0 Å². The molecule has 0 aliphatic rings. The van der Waals surface area contributed by atoms with Crippen molar-refractivity contribution in [2.45, 2.75) is 0 Å². The van der Waals surface area contributed by atoms with Gasteiger partial charge in [-0.3, -0.25) is 4.79 Å². The lowest BCUT2D eigenvalue weighted by Crippen LogP contribution is -2.11. The van der Waals surface area contributed by atoms with E-state index in [9.17, 15) is 4.79 Å². The average Bonchev–Trinajstić information content (AvgIpc) is 3.17. The van der Waals surface area contributed by atoms with Gasteiger partial charge in [0.05, 0.1) is 19.8 Å². The first-order valence-corrected chi connectivity index (χ1v) is 9.76. The van der Waals surface area contributed by atoms with E-state index in [2.05, 4.69) is 15.3 Å². The van der Waals surface area contributed by atoms with Crippen LogP contribution in [-0.4, -0.2) is 30.1 Å². The van der Waals surface area contributed by atoms with Gasteiger partial charge < -0.3 is 25.3 Å². The smallest absolute Gasteiger partial charge is 0.257 e. The Labute approximate surface area is 176 Å². The molecule has 4 aromatic rings. The minimum atomic E-state index is -0.228. The molecule has 0 spiro atoms. The van der Waals surface area contributed by atoms with Crippen molar-refractivity contribution in [1.82, 2.24) is 9.97 Å². The standard InChI is InChI=1S/C21H18N4O4S/c1-27-14-7-12(8-15(9-14)28-2)24-20(26)17-11-30-18-10-13(3-4-16(17)18)29-19-5-6-23-21(22)25-19/h3-11H,1-2H3,(H,24,26)(H2,22,23,25). The lowest BCUT2D eigenvalue weighted by molar-refractivity contribution is 0.102. The Bertz CT molecular complexity index is 1200. The van der Waals surface area contributed by atoms with E-state index in [1.807, 2.05) is 17.5 Å². The van der Waals surface area contributed by atoms with Crippen LogP contribution >= 0.6 is 11.3 Å². The van der Waals surface area contributed by atoms with Crippen LogP contribution in [0.2, 0.25) is 0 Å². The summed E-state index contributed by atoms with van der Waals surface area (Å²) in [5.41, 5.74) is 6.72. The molecule has 2 aromatic carbocycles. The molecule has 30 heavy (non-hydrogen) atoms. The normalized spacial score (nSPS) is 10.6. The molecule has 0 unspecified atom stereocenters. The molecule has 0 atom stereocenters. The highest BCUT2D eigenvalue weighted by atomic mass is 32.1. The number of rotatable bonds is 6. The zero-order chi connectivity index (χ0) is 21.1. The lowest BCUT2D eigenvalue weighted by atomic mass is 10.1. The molecular formula is C21H18N4O4S. The van der Waals surface area contributed by atoms with Gasteiger partial charge in [-0.2, -0.15) is 4.98 Å². The number of benzene rings is 2. The number of ether oxygens (including phenoxy) is 3. The van der Waals surface area contributed by atoms with Crippen molar-refractivity contribution in [3.8, 4) is 23.1 Å². The molecule has 4 rings (SSSR count). The first-order valence-electron chi connectivity index (χ1n) is 8.88. The third-order valence-electron chi connectivity index (χ3n) is 4.27. The Hall–Kier alpha value is -3.85. The van der Waals surface area contributed by atoms with Crippen molar-refractivity contribution in [2.75, 3.05) is 25.3 Å². The predicted molar refractivity (Wildman–Crippen MR) is 116 cm³/mol. The molecule has 0 bridgehead atoms. The first-order chi connectivity index (χ1) is 14.6. The van der Waals surface area contributed by atoms with E-state index in [1.54, 1.807) is 44.6 Å². The number of hydrogen-bond donors (Lipinski definition) is 2. The minimum absolute atomic E-state index is 0.137. The van der Waals surface area contributed by atoms with Crippen molar-refractivity contribution in [2.24, 2.45) is 0 Å². The summed E-state index contributed by atoms with van der Waals surface area (Å²) in [7, 11) is 3.12. The van der Waals surface area contributed by atoms with Gasteiger partial charge in [0.2, 0.25) is 11.8 Å². The summed E-state index contributed by atoms with van der Waals surface area (Å²) in [5.74, 6) is 2.03. The van der Waals surface area contributed by atoms with Gasteiger partial charge in [-0.25, -0.2) is 4.98 Å². The summed E-state index contributed by atoms with van der Waals surface area (Å²) >= 11 is 1.45. The number of aromatic nitrogens is 2. The lowest BCUT2D eigenvalue weighted by Gasteiger charge is -2.10. The number of amides is 1. The zero-order valence-corrected chi connectivity index (χ0v) is 17.0. The molecular weight excluding hydrogens is 404 g/mol. The van der Waals surface area contributed by atoms with E-state index < -0.39 is 0 Å². The van der Waals surface area contributed by atoms with Crippen molar-refractivity contribution in [3.05, 3.63) is 59.6 Å². The second-order valence-electron chi connectivity index (χ2n) is 6.22. The van der Waals surface area contributed by atoms with Crippen LogP contribution in [0, 0.1) is 0 Å². The summed E-state index contributed by atoms with van der Waals surface area (Å²) in [6, 6.07) is 12.3. The van der Waals surface area contributed by atoms with Gasteiger partial charge in [0.15, 0.2) is 0 Å². The van der Waals surface area contributed by atoms with Crippen LogP contribution in [0.4, 0.5) is 11.6 Å². The third-order valence-corrected chi connectivity index (χ3v) is 5.22. The summed E-state index contributed by atoms with van der Waals surface area (Å²) in [4.78, 5) is 20.7. The maximum atomic E-state index is 12.9. The third kappa shape index (κ3) is 4.11. The Kier molecular flexibility index (Phi) is 5.36. The highest BCUT2D eigenvalue weighted by Crippen LogP contribution is 2.32. The van der Waals surface area contributed by atoms with Gasteiger partial charge in [-0.05, 0) is 18.2 Å². The number of nitrogens with two attached hydrogens (primary N) is 1. The fourth-order valence-corrected chi connectivity index (χ4v) is 3.83. The second kappa shape index (κ2) is 8.26. The fraction of sp³-hybridized carbons (Fsp3) is 0.0952. The number of nitrogens with one attached hydrogen (secondary N) is 1. The highest BCUT2D eigenvalue weighted by molar-refractivity contribution is 7.17. The number of hydrogen-bond acceptors (Lipinski definition) is 8. The number of nitrogens with zero attached hydrogens (tertiary/aromatic N) is 2. The number of methoxy groups -OCH3 is 2. The molecule has 8 nitrogen and oxygen atoms in total. The molecule has 0 fully saturated rings. The molecule has 0 aliphatic heterocycles. The SMILES string of the molecule is COc1cc(NC(=O)c2csc3cc(Oc4ccnc(N)n4)ccc23)cc(OC)c1. The summed E-state index contributed by atoms with van der Waals surface area (Å²) in [6.07, 6.45) is 1.53. The fourth-order valence-electron chi connectivity index (χ4n) is 2.86. The molecule has 0 radical (unpaired) electrons. The number of carbonyl (C=O) groups excluding carboxylic acids is 1. The van der Waals surface area contributed by atoms with Crippen LogP contribution in [0.1, 0.15) is 10.4 Å². The first kappa shape index (κ1) is 19.5. The van der Waals surface area contributed by atoms with E-state index in [0.29, 0.717) is 34.4 Å². The van der Waals surface area contributed by atoms with Gasteiger partial charge in [0.1, 0.15) is 17.2 Å². The van der Waals surface area contributed by atoms with Crippen LogP contribution in [0.5, 0.6) is 23.1 Å². The topological polar surface area (TPSA) is 109 Å². The van der Waals surface area contributed by atoms with Gasteiger partial charge in [0.25, 0.3) is 5.91 Å². The van der Waals surface area contributed by atoms with E-state index in [-0.39, 0.29) is 11.9 Å². The number of thiophene rings is 1. The molecule has 1 amide bonds. The Morgan fingerprint density at radius 2 is 1.80 bits per heavy atom. The van der Waals surface area contributed by atoms with E-state index in [1.165, 1.54) is 17.5 Å². The molecule has 152 valence electrons. The summed E-state index contributed by atoms with van der Waals surface area (Å²) in [5, 5.41) is 5.52. The Morgan fingerprint density at radius 1 is 1.03 bits per heavy atom. The number of carbonyl (C=O) groups is 1. The van der Waals surface area contributed by atoms with Crippen molar-refractivity contribution < 1.29 is 19.0 Å². The second-order valence-corrected chi connectivity index (χ2v) is 7.13. The van der Waals surface area contributed by atoms with E-state index in [0.717, 1.165) is 10.1 Å². The number of fused-ring (bicyclic) bond motifs is 1. The molecule has 9 heteroatoms. The van der Waals surface area contributed by atoms with E-state index >= 15 is 0 Å². The molecule has 0 saturated heterocycles.